The summed E-state index contributed by atoms with van der Waals surface area (Å²) in [7, 11) is 0. The first-order valence-corrected chi connectivity index (χ1v) is 4.67. The number of aromatic nitrogens is 2. The molecular formula is C7H8BrN3S. The van der Waals surface area contributed by atoms with Gasteiger partial charge in [-0.15, -0.1) is 0 Å². The maximum atomic E-state index is 4.44. The molecule has 64 valence electrons. The lowest BCUT2D eigenvalue weighted by atomic mass is 10.5. The first-order chi connectivity index (χ1) is 5.74. The van der Waals surface area contributed by atoms with E-state index in [9.17, 15) is 0 Å². The molecule has 0 aliphatic rings. The second-order valence-electron chi connectivity index (χ2n) is 2.30. The molecule has 12 heavy (non-hydrogen) atoms. The first kappa shape index (κ1) is 9.58. The van der Waals surface area contributed by atoms with Crippen LogP contribution in [0.15, 0.2) is 15.7 Å². The molecule has 1 aromatic rings. The smallest absolute Gasteiger partial charge is 0.0735 e. The molecule has 1 heterocycles. The Labute approximate surface area is 84.6 Å². The van der Waals surface area contributed by atoms with Crippen LogP contribution in [0.25, 0.3) is 0 Å². The molecule has 0 spiro atoms. The van der Waals surface area contributed by atoms with Crippen molar-refractivity contribution in [3.63, 3.8) is 0 Å². The number of thiocarbonyl (C=S) groups is 1. The zero-order valence-electron chi connectivity index (χ0n) is 6.62. The molecule has 3 nitrogen and oxygen atoms in total. The molecule has 0 saturated heterocycles. The highest BCUT2D eigenvalue weighted by molar-refractivity contribution is 9.10. The third kappa shape index (κ3) is 2.52. The van der Waals surface area contributed by atoms with Crippen molar-refractivity contribution in [1.82, 2.24) is 9.78 Å². The molecule has 0 amide bonds. The number of hydrogen-bond donors (Lipinski definition) is 0. The van der Waals surface area contributed by atoms with E-state index in [4.69, 9.17) is 0 Å². The number of rotatable bonds is 3. The molecule has 1 rings (SSSR count). The lowest BCUT2D eigenvalue weighted by Gasteiger charge is -1.94. The molecule has 0 radical (unpaired) electrons. The van der Waals surface area contributed by atoms with Crippen LogP contribution in [0.5, 0.6) is 0 Å². The van der Waals surface area contributed by atoms with E-state index < -0.39 is 0 Å². The summed E-state index contributed by atoms with van der Waals surface area (Å²) in [5.41, 5.74) is 0.987. The van der Waals surface area contributed by atoms with Gasteiger partial charge in [0.15, 0.2) is 0 Å². The minimum atomic E-state index is 0.636. The van der Waals surface area contributed by atoms with E-state index in [0.29, 0.717) is 6.54 Å². The summed E-state index contributed by atoms with van der Waals surface area (Å²) in [4.78, 5) is 3.79. The van der Waals surface area contributed by atoms with Crippen LogP contribution in [0.2, 0.25) is 0 Å². The zero-order valence-corrected chi connectivity index (χ0v) is 9.02. The van der Waals surface area contributed by atoms with E-state index in [-0.39, 0.29) is 0 Å². The molecule has 0 aromatic carbocycles. The highest BCUT2D eigenvalue weighted by atomic mass is 79.9. The van der Waals surface area contributed by atoms with E-state index in [1.807, 2.05) is 17.8 Å². The molecule has 0 fully saturated rings. The van der Waals surface area contributed by atoms with Gasteiger partial charge in [0.25, 0.3) is 0 Å². The van der Waals surface area contributed by atoms with Crippen LogP contribution >= 0.6 is 28.1 Å². The molecule has 0 unspecified atom stereocenters. The Morgan fingerprint density at radius 2 is 2.58 bits per heavy atom. The number of aryl methyl sites for hydroxylation is 1. The minimum absolute atomic E-state index is 0.636. The van der Waals surface area contributed by atoms with E-state index in [0.717, 1.165) is 16.7 Å². The van der Waals surface area contributed by atoms with Gasteiger partial charge >= 0.3 is 0 Å². The number of halogens is 1. The maximum Gasteiger partial charge on any atom is 0.0735 e. The molecule has 5 heteroatoms. The monoisotopic (exact) mass is 245 g/mol. The van der Waals surface area contributed by atoms with Crippen LogP contribution in [-0.4, -0.2) is 21.5 Å². The van der Waals surface area contributed by atoms with E-state index in [1.54, 1.807) is 0 Å². The van der Waals surface area contributed by atoms with Gasteiger partial charge in [-0.3, -0.25) is 4.68 Å². The number of aliphatic imine (C=N–C) groups is 1. The first-order valence-electron chi connectivity index (χ1n) is 3.47. The largest absolute Gasteiger partial charge is 0.269 e. The highest BCUT2D eigenvalue weighted by Crippen LogP contribution is 2.12. The van der Waals surface area contributed by atoms with Gasteiger partial charge < -0.3 is 0 Å². The average Bonchev–Trinajstić information content (AvgIpc) is 2.32. The second-order valence-corrected chi connectivity index (χ2v) is 3.34. The Kier molecular flexibility index (Phi) is 3.59. The molecule has 1 aromatic heterocycles. The van der Waals surface area contributed by atoms with Crippen molar-refractivity contribution in [3.8, 4) is 0 Å². The molecule has 0 saturated carbocycles. The highest BCUT2D eigenvalue weighted by Gasteiger charge is 1.99. The SMILES string of the molecule is Cc1nn(CCN=C=S)cc1Br. The van der Waals surface area contributed by atoms with Gasteiger partial charge in [-0.05, 0) is 35.1 Å². The third-order valence-electron chi connectivity index (χ3n) is 1.39. The summed E-state index contributed by atoms with van der Waals surface area (Å²) in [6.45, 7) is 3.33. The summed E-state index contributed by atoms with van der Waals surface area (Å²) in [5, 5.41) is 6.54. The van der Waals surface area contributed by atoms with Crippen molar-refractivity contribution >= 4 is 33.3 Å². The van der Waals surface area contributed by atoms with Crippen molar-refractivity contribution < 1.29 is 0 Å². The Bertz CT molecular complexity index is 295. The van der Waals surface area contributed by atoms with Crippen molar-refractivity contribution in [3.05, 3.63) is 16.4 Å². The van der Waals surface area contributed by atoms with Crippen LogP contribution in [-0.2, 0) is 6.54 Å². The van der Waals surface area contributed by atoms with Crippen LogP contribution in [0.4, 0.5) is 0 Å². The average molecular weight is 246 g/mol. The van der Waals surface area contributed by atoms with Gasteiger partial charge in [-0.1, -0.05) is 0 Å². The topological polar surface area (TPSA) is 30.2 Å². The quantitative estimate of drug-likeness (QED) is 0.603. The standard InChI is InChI=1S/C7H8BrN3S/c1-6-7(8)4-11(10-6)3-2-9-5-12/h4H,2-3H2,1H3. The summed E-state index contributed by atoms with van der Waals surface area (Å²) in [5.74, 6) is 0. The van der Waals surface area contributed by atoms with E-state index in [1.165, 1.54) is 0 Å². The van der Waals surface area contributed by atoms with E-state index in [2.05, 4.69) is 43.4 Å². The second kappa shape index (κ2) is 4.50. The van der Waals surface area contributed by atoms with E-state index >= 15 is 0 Å². The Morgan fingerprint density at radius 1 is 1.83 bits per heavy atom. The Hall–Kier alpha value is -0.510. The molecular weight excluding hydrogens is 238 g/mol. The lowest BCUT2D eigenvalue weighted by molar-refractivity contribution is 0.622. The summed E-state index contributed by atoms with van der Waals surface area (Å²) in [6.07, 6.45) is 1.92. The van der Waals surface area contributed by atoms with Crippen LogP contribution in [0, 0.1) is 6.92 Å². The Balaban J connectivity index is 2.58. The Morgan fingerprint density at radius 3 is 3.08 bits per heavy atom. The normalized spacial score (nSPS) is 9.50. The van der Waals surface area contributed by atoms with Crippen molar-refractivity contribution in [2.75, 3.05) is 6.54 Å². The van der Waals surface area contributed by atoms with Crippen LogP contribution in [0.1, 0.15) is 5.69 Å². The lowest BCUT2D eigenvalue weighted by Crippen LogP contribution is -2.01. The van der Waals surface area contributed by atoms with Gasteiger partial charge in [0.1, 0.15) is 0 Å². The molecule has 0 aliphatic heterocycles. The molecule has 0 bridgehead atoms. The summed E-state index contributed by atoms with van der Waals surface area (Å²) in [6, 6.07) is 0. The predicted molar refractivity (Wildman–Crippen MR) is 54.6 cm³/mol. The van der Waals surface area contributed by atoms with Crippen LogP contribution < -0.4 is 0 Å². The van der Waals surface area contributed by atoms with Gasteiger partial charge in [0.2, 0.25) is 0 Å². The molecule has 0 atom stereocenters. The van der Waals surface area contributed by atoms with Gasteiger partial charge in [0, 0.05) is 6.20 Å². The molecule has 0 N–H and O–H groups in total. The van der Waals surface area contributed by atoms with Crippen molar-refractivity contribution in [2.45, 2.75) is 13.5 Å². The predicted octanol–water partition coefficient (Wildman–Crippen LogP) is 2.06. The van der Waals surface area contributed by atoms with Gasteiger partial charge in [0.05, 0.1) is 28.4 Å². The maximum absolute atomic E-state index is 4.44. The number of hydrogen-bond acceptors (Lipinski definition) is 3. The summed E-state index contributed by atoms with van der Waals surface area (Å²) >= 11 is 7.82. The number of nitrogens with zero attached hydrogens (tertiary/aromatic N) is 3. The minimum Gasteiger partial charge on any atom is -0.269 e. The fraction of sp³-hybridized carbons (Fsp3) is 0.429. The third-order valence-corrected chi connectivity index (χ3v) is 2.30. The fourth-order valence-corrected chi connectivity index (χ4v) is 1.21. The molecule has 0 aliphatic carbocycles. The number of isothiocyanates is 1. The van der Waals surface area contributed by atoms with Gasteiger partial charge in [-0.25, -0.2) is 4.99 Å². The summed E-state index contributed by atoms with van der Waals surface area (Å²) < 4.78 is 2.85. The van der Waals surface area contributed by atoms with Crippen molar-refractivity contribution in [1.29, 1.82) is 0 Å². The fourth-order valence-electron chi connectivity index (χ4n) is 0.806. The van der Waals surface area contributed by atoms with Gasteiger partial charge in [-0.2, -0.15) is 5.10 Å². The van der Waals surface area contributed by atoms with Crippen LogP contribution in [0.3, 0.4) is 0 Å². The van der Waals surface area contributed by atoms with Crippen molar-refractivity contribution in [2.24, 2.45) is 4.99 Å². The zero-order chi connectivity index (χ0) is 8.97.